The largest absolute Gasteiger partial charge is 0.341 e. The molecule has 2 aromatic rings. The number of carbonyl (C=O) groups excluding carboxylic acids is 1. The van der Waals surface area contributed by atoms with E-state index in [1.54, 1.807) is 17.0 Å². The minimum absolute atomic E-state index is 0.156. The number of sulfonamides is 1. The van der Waals surface area contributed by atoms with Crippen molar-refractivity contribution in [2.24, 2.45) is 4.40 Å². The molecule has 4 rings (SSSR count). The van der Waals surface area contributed by atoms with Crippen molar-refractivity contribution in [1.82, 2.24) is 9.80 Å². The first-order valence-corrected chi connectivity index (χ1v) is 13.9. The normalized spacial score (nSPS) is 18.6. The van der Waals surface area contributed by atoms with Gasteiger partial charge in [0.2, 0.25) is 0 Å². The molecule has 0 atom stereocenters. The maximum atomic E-state index is 12.9. The lowest BCUT2D eigenvalue weighted by atomic mass is 10.2. The molecule has 0 saturated carbocycles. The first kappa shape index (κ1) is 23.4. The van der Waals surface area contributed by atoms with E-state index in [4.69, 9.17) is 0 Å². The van der Waals surface area contributed by atoms with Gasteiger partial charge in [-0.3, -0.25) is 9.69 Å². The van der Waals surface area contributed by atoms with Crippen molar-refractivity contribution in [3.8, 4) is 0 Å². The standard InChI is InChI=1S/C22H26N4O5S2/c1-16-4-9-19-20(14-16)33(30,31)24-21(23-19)15-25-10-3-11-26(13-12-25)22(27)17-5-7-18(8-6-17)32(2,28)29/h4-9,14H,3,10-13,15H2,1-2H3,(H,23,24). The fourth-order valence-electron chi connectivity index (χ4n) is 3.96. The second kappa shape index (κ2) is 8.88. The fraction of sp³-hybridized carbons (Fsp3) is 0.364. The van der Waals surface area contributed by atoms with Crippen LogP contribution in [0.1, 0.15) is 22.3 Å². The average Bonchev–Trinajstić information content (AvgIpc) is 2.98. The molecule has 0 bridgehead atoms. The van der Waals surface area contributed by atoms with Crippen LogP contribution in [0.5, 0.6) is 0 Å². The zero-order chi connectivity index (χ0) is 23.8. The molecule has 2 aliphatic heterocycles. The van der Waals surface area contributed by atoms with Crippen LogP contribution < -0.4 is 5.32 Å². The lowest BCUT2D eigenvalue weighted by Crippen LogP contribution is -2.39. The number of hydrogen-bond acceptors (Lipinski definition) is 7. The lowest BCUT2D eigenvalue weighted by molar-refractivity contribution is 0.0762. The number of benzene rings is 2. The maximum absolute atomic E-state index is 12.9. The highest BCUT2D eigenvalue weighted by atomic mass is 32.2. The third kappa shape index (κ3) is 5.26. The minimum atomic E-state index is -3.76. The van der Waals surface area contributed by atoms with E-state index in [1.165, 1.54) is 24.3 Å². The number of carbonyl (C=O) groups is 1. The quantitative estimate of drug-likeness (QED) is 0.694. The number of nitrogens with one attached hydrogen (secondary N) is 1. The second-order valence-corrected chi connectivity index (χ2v) is 11.9. The topological polar surface area (TPSA) is 116 Å². The van der Waals surface area contributed by atoms with Gasteiger partial charge in [0, 0.05) is 38.0 Å². The molecule has 176 valence electrons. The number of amidine groups is 1. The molecular formula is C22H26N4O5S2. The van der Waals surface area contributed by atoms with Gasteiger partial charge in [0.1, 0.15) is 10.7 Å². The van der Waals surface area contributed by atoms with Crippen LogP contribution in [0, 0.1) is 6.92 Å². The third-order valence-corrected chi connectivity index (χ3v) is 8.19. The van der Waals surface area contributed by atoms with Crippen LogP contribution in [0.2, 0.25) is 0 Å². The summed E-state index contributed by atoms with van der Waals surface area (Å²) in [7, 11) is -7.07. The third-order valence-electron chi connectivity index (χ3n) is 5.70. The number of sulfone groups is 1. The van der Waals surface area contributed by atoms with Crippen LogP contribution in [0.4, 0.5) is 5.69 Å². The Morgan fingerprint density at radius 1 is 1.06 bits per heavy atom. The number of hydrogen-bond donors (Lipinski definition) is 1. The van der Waals surface area contributed by atoms with E-state index < -0.39 is 19.9 Å². The minimum Gasteiger partial charge on any atom is -0.341 e. The molecule has 0 unspecified atom stereocenters. The van der Waals surface area contributed by atoms with E-state index in [0.717, 1.165) is 18.2 Å². The molecule has 1 saturated heterocycles. The second-order valence-electron chi connectivity index (χ2n) is 8.36. The summed E-state index contributed by atoms with van der Waals surface area (Å²) in [5, 5.41) is 3.12. The highest BCUT2D eigenvalue weighted by Crippen LogP contribution is 2.28. The van der Waals surface area contributed by atoms with Crippen LogP contribution in [0.25, 0.3) is 0 Å². The van der Waals surface area contributed by atoms with Gasteiger partial charge in [-0.1, -0.05) is 6.07 Å². The lowest BCUT2D eigenvalue weighted by Gasteiger charge is -2.25. The van der Waals surface area contributed by atoms with Gasteiger partial charge in [-0.05, 0) is 55.3 Å². The molecule has 1 N–H and O–H groups in total. The Bertz CT molecular complexity index is 1320. The SMILES string of the molecule is Cc1ccc2c(c1)S(=O)(=O)N=C(CN1CCCN(C(=O)c3ccc(S(C)(=O)=O)cc3)CC1)N2. The fourth-order valence-corrected chi connectivity index (χ4v) is 5.81. The van der Waals surface area contributed by atoms with Gasteiger partial charge < -0.3 is 10.2 Å². The maximum Gasteiger partial charge on any atom is 0.286 e. The van der Waals surface area contributed by atoms with Crippen LogP contribution in [0.15, 0.2) is 56.7 Å². The first-order chi connectivity index (χ1) is 15.5. The van der Waals surface area contributed by atoms with Gasteiger partial charge in [-0.2, -0.15) is 8.42 Å². The number of amides is 1. The number of fused-ring (bicyclic) bond motifs is 1. The van der Waals surface area contributed by atoms with Gasteiger partial charge in [0.15, 0.2) is 9.84 Å². The van der Waals surface area contributed by atoms with Gasteiger partial charge in [0.05, 0.1) is 17.1 Å². The van der Waals surface area contributed by atoms with Crippen LogP contribution in [-0.2, 0) is 19.9 Å². The van der Waals surface area contributed by atoms with Crippen LogP contribution >= 0.6 is 0 Å². The van der Waals surface area contributed by atoms with Crippen molar-refractivity contribution >= 4 is 37.3 Å². The molecule has 1 amide bonds. The van der Waals surface area contributed by atoms with Crippen molar-refractivity contribution < 1.29 is 21.6 Å². The Morgan fingerprint density at radius 2 is 1.79 bits per heavy atom. The summed E-state index contributed by atoms with van der Waals surface area (Å²) >= 11 is 0. The molecule has 1 fully saturated rings. The van der Waals surface area contributed by atoms with Gasteiger partial charge in [-0.25, -0.2) is 8.42 Å². The molecule has 2 heterocycles. The van der Waals surface area contributed by atoms with E-state index in [2.05, 4.69) is 14.6 Å². The summed E-state index contributed by atoms with van der Waals surface area (Å²) in [6.07, 6.45) is 1.85. The Labute approximate surface area is 194 Å². The van der Waals surface area contributed by atoms with Gasteiger partial charge in [-0.15, -0.1) is 4.40 Å². The highest BCUT2D eigenvalue weighted by Gasteiger charge is 2.27. The molecule has 0 spiro atoms. The van der Waals surface area contributed by atoms with E-state index in [9.17, 15) is 21.6 Å². The van der Waals surface area contributed by atoms with Crippen molar-refractivity contribution in [2.75, 3.05) is 44.3 Å². The Balaban J connectivity index is 1.41. The molecule has 11 heteroatoms. The highest BCUT2D eigenvalue weighted by molar-refractivity contribution is 7.91. The molecular weight excluding hydrogens is 464 g/mol. The van der Waals surface area contributed by atoms with E-state index in [0.29, 0.717) is 49.8 Å². The summed E-state index contributed by atoms with van der Waals surface area (Å²) in [5.74, 6) is 0.208. The van der Waals surface area contributed by atoms with Crippen molar-refractivity contribution in [3.63, 3.8) is 0 Å². The zero-order valence-corrected chi connectivity index (χ0v) is 20.1. The Hall–Kier alpha value is -2.76. The summed E-state index contributed by atoms with van der Waals surface area (Å²) in [4.78, 5) is 17.1. The molecule has 2 aromatic carbocycles. The van der Waals surface area contributed by atoms with Crippen LogP contribution in [-0.4, -0.2) is 77.4 Å². The van der Waals surface area contributed by atoms with Crippen LogP contribution in [0.3, 0.4) is 0 Å². The smallest absolute Gasteiger partial charge is 0.286 e. The first-order valence-electron chi connectivity index (χ1n) is 10.6. The summed E-state index contributed by atoms with van der Waals surface area (Å²) in [6.45, 7) is 4.45. The number of nitrogens with zero attached hydrogens (tertiary/aromatic N) is 3. The van der Waals surface area contributed by atoms with E-state index in [1.807, 2.05) is 13.0 Å². The van der Waals surface area contributed by atoms with Crippen molar-refractivity contribution in [2.45, 2.75) is 23.1 Å². The molecule has 2 aliphatic rings. The predicted octanol–water partition coefficient (Wildman–Crippen LogP) is 1.76. The molecule has 9 nitrogen and oxygen atoms in total. The van der Waals surface area contributed by atoms with E-state index in [-0.39, 0.29) is 15.7 Å². The molecule has 0 radical (unpaired) electrons. The summed E-state index contributed by atoms with van der Waals surface area (Å²) in [6, 6.07) is 11.2. The number of aryl methyl sites for hydroxylation is 1. The Kier molecular flexibility index (Phi) is 6.30. The van der Waals surface area contributed by atoms with Gasteiger partial charge in [0.25, 0.3) is 15.9 Å². The van der Waals surface area contributed by atoms with Gasteiger partial charge >= 0.3 is 0 Å². The monoisotopic (exact) mass is 490 g/mol. The molecule has 0 aromatic heterocycles. The Morgan fingerprint density at radius 3 is 2.48 bits per heavy atom. The predicted molar refractivity (Wildman–Crippen MR) is 126 cm³/mol. The molecule has 33 heavy (non-hydrogen) atoms. The number of anilines is 1. The zero-order valence-electron chi connectivity index (χ0n) is 18.5. The van der Waals surface area contributed by atoms with E-state index >= 15 is 0 Å². The van der Waals surface area contributed by atoms with Crippen molar-refractivity contribution in [3.05, 3.63) is 53.6 Å². The molecule has 0 aliphatic carbocycles. The average molecular weight is 491 g/mol. The summed E-state index contributed by atoms with van der Waals surface area (Å²) < 4.78 is 52.4. The van der Waals surface area contributed by atoms with Crippen molar-refractivity contribution in [1.29, 1.82) is 0 Å². The number of rotatable bonds is 4. The summed E-state index contributed by atoms with van der Waals surface area (Å²) in [5.41, 5.74) is 1.81.